The van der Waals surface area contributed by atoms with Crippen molar-refractivity contribution in [2.45, 2.75) is 46.5 Å². The first-order valence-corrected chi connectivity index (χ1v) is 7.22. The number of carboxylic acids is 1. The highest BCUT2D eigenvalue weighted by molar-refractivity contribution is 5.90. The van der Waals surface area contributed by atoms with Crippen molar-refractivity contribution >= 4 is 17.3 Å². The lowest BCUT2D eigenvalue weighted by molar-refractivity contribution is 0.0697. The molecule has 0 aliphatic rings. The topological polar surface area (TPSA) is 75.3 Å². The van der Waals surface area contributed by atoms with E-state index in [0.717, 1.165) is 12.2 Å². The lowest BCUT2D eigenvalue weighted by Gasteiger charge is -2.26. The number of hydrogen-bond donors (Lipinski definition) is 3. The first-order chi connectivity index (χ1) is 9.35. The zero-order chi connectivity index (χ0) is 15.2. The number of anilines is 2. The average Bonchev–Trinajstić information content (AvgIpc) is 2.37. The van der Waals surface area contributed by atoms with Gasteiger partial charge in [-0.05, 0) is 30.0 Å². The van der Waals surface area contributed by atoms with Crippen molar-refractivity contribution < 1.29 is 9.90 Å². The molecule has 0 aliphatic carbocycles. The SMILES string of the molecule is CCCCCC(C)(C)CNc1ccc(C(=O)O)cc1N. The van der Waals surface area contributed by atoms with Gasteiger partial charge in [-0.1, -0.05) is 40.0 Å². The summed E-state index contributed by atoms with van der Waals surface area (Å²) in [5.74, 6) is -0.955. The summed E-state index contributed by atoms with van der Waals surface area (Å²) in [7, 11) is 0. The van der Waals surface area contributed by atoms with Crippen LogP contribution in [0.5, 0.6) is 0 Å². The smallest absolute Gasteiger partial charge is 0.335 e. The van der Waals surface area contributed by atoms with E-state index in [1.54, 1.807) is 12.1 Å². The Morgan fingerprint density at radius 2 is 2.05 bits per heavy atom. The standard InChI is InChI=1S/C16H26N2O2/c1-4-5-6-9-16(2,3)11-18-14-8-7-12(15(19)20)10-13(14)17/h7-8,10,18H,4-6,9,11,17H2,1-3H3,(H,19,20). The van der Waals surface area contributed by atoms with E-state index in [-0.39, 0.29) is 11.0 Å². The maximum Gasteiger partial charge on any atom is 0.335 e. The molecule has 1 aromatic carbocycles. The van der Waals surface area contributed by atoms with Crippen LogP contribution in [-0.4, -0.2) is 17.6 Å². The summed E-state index contributed by atoms with van der Waals surface area (Å²) < 4.78 is 0. The van der Waals surface area contributed by atoms with Crippen LogP contribution in [0.3, 0.4) is 0 Å². The molecule has 0 unspecified atom stereocenters. The summed E-state index contributed by atoms with van der Waals surface area (Å²) in [6, 6.07) is 4.81. The predicted molar refractivity (Wildman–Crippen MR) is 84.2 cm³/mol. The van der Waals surface area contributed by atoms with Gasteiger partial charge in [-0.2, -0.15) is 0 Å². The molecule has 0 saturated carbocycles. The van der Waals surface area contributed by atoms with Gasteiger partial charge in [0.25, 0.3) is 0 Å². The molecule has 0 spiro atoms. The zero-order valence-corrected chi connectivity index (χ0v) is 12.7. The second kappa shape index (κ2) is 7.17. The maximum absolute atomic E-state index is 10.9. The summed E-state index contributed by atoms with van der Waals surface area (Å²) in [4.78, 5) is 10.9. The number of rotatable bonds is 8. The highest BCUT2D eigenvalue weighted by Crippen LogP contribution is 2.26. The minimum absolute atomic E-state index is 0.201. The second-order valence-electron chi connectivity index (χ2n) is 6.08. The van der Waals surface area contributed by atoms with Crippen LogP contribution in [-0.2, 0) is 0 Å². The van der Waals surface area contributed by atoms with E-state index in [0.29, 0.717) is 5.69 Å². The molecule has 4 N–H and O–H groups in total. The number of carbonyl (C=O) groups is 1. The average molecular weight is 278 g/mol. The Bertz CT molecular complexity index is 456. The number of unbranched alkanes of at least 4 members (excludes halogenated alkanes) is 2. The fraction of sp³-hybridized carbons (Fsp3) is 0.562. The molecule has 112 valence electrons. The Morgan fingerprint density at radius 1 is 1.35 bits per heavy atom. The quantitative estimate of drug-likeness (QED) is 0.496. The third kappa shape index (κ3) is 5.11. The van der Waals surface area contributed by atoms with Crippen LogP contribution >= 0.6 is 0 Å². The van der Waals surface area contributed by atoms with Crippen molar-refractivity contribution in [1.82, 2.24) is 0 Å². The molecule has 0 aliphatic heterocycles. The number of aromatic carboxylic acids is 1. The van der Waals surface area contributed by atoms with Crippen LogP contribution in [0, 0.1) is 5.41 Å². The number of nitrogens with one attached hydrogen (secondary N) is 1. The van der Waals surface area contributed by atoms with Crippen LogP contribution in [0.4, 0.5) is 11.4 Å². The molecule has 1 aromatic rings. The summed E-state index contributed by atoms with van der Waals surface area (Å²) in [6.45, 7) is 7.50. The largest absolute Gasteiger partial charge is 0.478 e. The van der Waals surface area contributed by atoms with Gasteiger partial charge in [0.1, 0.15) is 0 Å². The number of carboxylic acid groups (broad SMARTS) is 1. The lowest BCUT2D eigenvalue weighted by Crippen LogP contribution is -2.23. The van der Waals surface area contributed by atoms with Crippen molar-refractivity contribution in [3.05, 3.63) is 23.8 Å². The van der Waals surface area contributed by atoms with E-state index in [2.05, 4.69) is 26.1 Å². The van der Waals surface area contributed by atoms with Gasteiger partial charge in [0.2, 0.25) is 0 Å². The van der Waals surface area contributed by atoms with Gasteiger partial charge in [-0.15, -0.1) is 0 Å². The molecule has 0 bridgehead atoms. The molecular weight excluding hydrogens is 252 g/mol. The van der Waals surface area contributed by atoms with Gasteiger partial charge in [0.15, 0.2) is 0 Å². The van der Waals surface area contributed by atoms with E-state index in [1.807, 2.05) is 0 Å². The van der Waals surface area contributed by atoms with E-state index in [9.17, 15) is 4.79 Å². The van der Waals surface area contributed by atoms with Crippen LogP contribution in [0.25, 0.3) is 0 Å². The minimum atomic E-state index is -0.955. The highest BCUT2D eigenvalue weighted by Gasteiger charge is 2.17. The fourth-order valence-electron chi connectivity index (χ4n) is 2.13. The van der Waals surface area contributed by atoms with Gasteiger partial charge in [0.05, 0.1) is 16.9 Å². The summed E-state index contributed by atoms with van der Waals surface area (Å²) in [6.07, 6.45) is 4.89. The first kappa shape index (κ1) is 16.3. The first-order valence-electron chi connectivity index (χ1n) is 7.22. The van der Waals surface area contributed by atoms with E-state index >= 15 is 0 Å². The van der Waals surface area contributed by atoms with E-state index in [4.69, 9.17) is 10.8 Å². The molecule has 4 heteroatoms. The molecule has 0 heterocycles. The second-order valence-corrected chi connectivity index (χ2v) is 6.08. The van der Waals surface area contributed by atoms with Gasteiger partial charge in [-0.3, -0.25) is 0 Å². The molecule has 0 radical (unpaired) electrons. The van der Waals surface area contributed by atoms with Gasteiger partial charge in [0, 0.05) is 6.54 Å². The number of nitrogen functional groups attached to an aromatic ring is 1. The molecule has 1 rings (SSSR count). The van der Waals surface area contributed by atoms with Crippen molar-refractivity contribution in [1.29, 1.82) is 0 Å². The number of benzene rings is 1. The zero-order valence-electron chi connectivity index (χ0n) is 12.7. The van der Waals surface area contributed by atoms with Crippen LogP contribution in [0.1, 0.15) is 56.8 Å². The molecule has 0 atom stereocenters. The van der Waals surface area contributed by atoms with Crippen molar-refractivity contribution in [2.75, 3.05) is 17.6 Å². The predicted octanol–water partition coefficient (Wildman–Crippen LogP) is 3.99. The van der Waals surface area contributed by atoms with Crippen molar-refractivity contribution in [3.63, 3.8) is 0 Å². The molecule has 20 heavy (non-hydrogen) atoms. The van der Waals surface area contributed by atoms with Crippen molar-refractivity contribution in [3.8, 4) is 0 Å². The highest BCUT2D eigenvalue weighted by atomic mass is 16.4. The third-order valence-corrected chi connectivity index (χ3v) is 3.51. The summed E-state index contributed by atoms with van der Waals surface area (Å²) in [5, 5.41) is 12.2. The minimum Gasteiger partial charge on any atom is -0.478 e. The van der Waals surface area contributed by atoms with Gasteiger partial charge in [-0.25, -0.2) is 4.79 Å². The Labute approximate surface area is 121 Å². The third-order valence-electron chi connectivity index (χ3n) is 3.51. The van der Waals surface area contributed by atoms with Crippen LogP contribution < -0.4 is 11.1 Å². The Kier molecular flexibility index (Phi) is 5.86. The lowest BCUT2D eigenvalue weighted by atomic mass is 9.87. The fourth-order valence-corrected chi connectivity index (χ4v) is 2.13. The monoisotopic (exact) mass is 278 g/mol. The van der Waals surface area contributed by atoms with Gasteiger partial charge < -0.3 is 16.2 Å². The summed E-state index contributed by atoms with van der Waals surface area (Å²) in [5.41, 5.74) is 7.59. The van der Waals surface area contributed by atoms with Gasteiger partial charge >= 0.3 is 5.97 Å². The van der Waals surface area contributed by atoms with Crippen LogP contribution in [0.2, 0.25) is 0 Å². The van der Waals surface area contributed by atoms with Crippen LogP contribution in [0.15, 0.2) is 18.2 Å². The Balaban J connectivity index is 2.58. The molecule has 0 aromatic heterocycles. The molecular formula is C16H26N2O2. The summed E-state index contributed by atoms with van der Waals surface area (Å²) >= 11 is 0. The maximum atomic E-state index is 10.9. The molecule has 0 saturated heterocycles. The number of hydrogen-bond acceptors (Lipinski definition) is 3. The Morgan fingerprint density at radius 3 is 2.60 bits per heavy atom. The van der Waals surface area contributed by atoms with Crippen molar-refractivity contribution in [2.24, 2.45) is 5.41 Å². The molecule has 0 amide bonds. The van der Waals surface area contributed by atoms with E-state index in [1.165, 1.54) is 31.7 Å². The number of nitrogens with two attached hydrogens (primary N) is 1. The molecule has 4 nitrogen and oxygen atoms in total. The van der Waals surface area contributed by atoms with E-state index < -0.39 is 5.97 Å². The Hall–Kier alpha value is -1.71. The molecule has 0 fully saturated rings. The normalized spacial score (nSPS) is 11.3.